The number of amides is 3. The maximum Gasteiger partial charge on any atom is 0.325 e. The van der Waals surface area contributed by atoms with E-state index in [1.807, 2.05) is 18.2 Å². The average molecular weight is 515 g/mol. The second-order valence-electron chi connectivity index (χ2n) is 8.57. The minimum Gasteiger partial charge on any atom is -0.368 e. The molecule has 4 heterocycles. The van der Waals surface area contributed by atoms with Crippen LogP contribution in [0.3, 0.4) is 0 Å². The Balaban J connectivity index is 1.28. The van der Waals surface area contributed by atoms with Crippen molar-refractivity contribution in [2.75, 3.05) is 50.4 Å². The van der Waals surface area contributed by atoms with Gasteiger partial charge in [0.1, 0.15) is 0 Å². The van der Waals surface area contributed by atoms with Crippen LogP contribution < -0.4 is 10.2 Å². The maximum absolute atomic E-state index is 12.9. The van der Waals surface area contributed by atoms with Crippen molar-refractivity contribution in [3.8, 4) is 0 Å². The van der Waals surface area contributed by atoms with Gasteiger partial charge in [0.15, 0.2) is 23.3 Å². The van der Waals surface area contributed by atoms with Gasteiger partial charge in [-0.1, -0.05) is 29.4 Å². The lowest BCUT2D eigenvalue weighted by Gasteiger charge is -2.41. The molecule has 0 spiro atoms. The average Bonchev–Trinajstić information content (AvgIpc) is 3.26. The molecule has 3 amide bonds. The highest BCUT2D eigenvalue weighted by molar-refractivity contribution is 7.99. The van der Waals surface area contributed by atoms with Crippen LogP contribution in [0.2, 0.25) is 5.02 Å². The Bertz CT molecular complexity index is 1110. The number of thioether (sulfide) groups is 1. The number of imide groups is 1. The summed E-state index contributed by atoms with van der Waals surface area (Å²) in [6.07, 6.45) is 3.75. The number of rotatable bonds is 6. The number of aromatic nitrogens is 2. The summed E-state index contributed by atoms with van der Waals surface area (Å²) < 4.78 is 0. The first-order chi connectivity index (χ1) is 17.0. The van der Waals surface area contributed by atoms with Crippen LogP contribution in [0, 0.1) is 0 Å². The molecule has 1 aromatic carbocycles. The van der Waals surface area contributed by atoms with E-state index in [1.165, 1.54) is 4.90 Å². The predicted octanol–water partition coefficient (Wildman–Crippen LogP) is 1.98. The van der Waals surface area contributed by atoms with E-state index >= 15 is 0 Å². The van der Waals surface area contributed by atoms with Gasteiger partial charge in [-0.05, 0) is 30.7 Å². The number of piperazine rings is 1. The van der Waals surface area contributed by atoms with Crippen LogP contribution in [-0.4, -0.2) is 100 Å². The molecule has 1 aromatic heterocycles. The number of carbonyl (C=O) groups excluding carboxylic acids is 2. The second kappa shape index (κ2) is 10.3. The molecule has 2 fully saturated rings. The van der Waals surface area contributed by atoms with E-state index in [2.05, 4.69) is 36.1 Å². The molecule has 3 aliphatic heterocycles. The minimum atomic E-state index is -0.531. The van der Waals surface area contributed by atoms with Gasteiger partial charge in [0.25, 0.3) is 5.91 Å². The van der Waals surface area contributed by atoms with Gasteiger partial charge in [-0.3, -0.25) is 10.1 Å². The van der Waals surface area contributed by atoms with Crippen LogP contribution >= 0.6 is 23.4 Å². The molecule has 2 unspecified atom stereocenters. The van der Waals surface area contributed by atoms with Gasteiger partial charge in [0.05, 0.1) is 0 Å². The molecule has 2 saturated heterocycles. The first-order valence-corrected chi connectivity index (χ1v) is 12.9. The summed E-state index contributed by atoms with van der Waals surface area (Å²) in [5, 5.41) is 3.93. The van der Waals surface area contributed by atoms with Crippen molar-refractivity contribution in [2.45, 2.75) is 23.8 Å². The quantitative estimate of drug-likeness (QED) is 0.355. The van der Waals surface area contributed by atoms with Crippen molar-refractivity contribution < 1.29 is 9.59 Å². The molecule has 5 rings (SSSR count). The Kier molecular flexibility index (Phi) is 6.96. The highest BCUT2D eigenvalue weighted by atomic mass is 35.5. The summed E-state index contributed by atoms with van der Waals surface area (Å²) in [6.45, 7) is 3.78. The van der Waals surface area contributed by atoms with E-state index in [1.54, 1.807) is 37.3 Å². The zero-order valence-electron chi connectivity index (χ0n) is 19.4. The van der Waals surface area contributed by atoms with Crippen molar-refractivity contribution in [1.82, 2.24) is 30.0 Å². The van der Waals surface area contributed by atoms with Gasteiger partial charge in [-0.25, -0.2) is 19.8 Å². The topological polar surface area (TPSA) is 97.3 Å². The van der Waals surface area contributed by atoms with E-state index in [0.717, 1.165) is 60.2 Å². The molecule has 1 N–H and O–H groups in total. The molecule has 0 radical (unpaired) electrons. The van der Waals surface area contributed by atoms with Crippen molar-refractivity contribution in [1.29, 1.82) is 0 Å². The lowest BCUT2D eigenvalue weighted by atomic mass is 10.1. The lowest BCUT2D eigenvalue weighted by Crippen LogP contribution is -2.64. The fourth-order valence-corrected chi connectivity index (χ4v) is 5.52. The number of guanidine groups is 1. The number of halogens is 1. The van der Waals surface area contributed by atoms with Gasteiger partial charge in [-0.2, -0.15) is 0 Å². The number of nitrogens with zero attached hydrogens (tertiary/aromatic N) is 7. The SMILES string of the molecule is CN1C(=O)NC(=O)C2C1N=C(N1CCN(c3cccc(Cl)c3)CC1)N2CCCSc1ncccn1. The van der Waals surface area contributed by atoms with Crippen LogP contribution in [0.5, 0.6) is 0 Å². The van der Waals surface area contributed by atoms with Crippen molar-refractivity contribution in [3.05, 3.63) is 47.7 Å². The third kappa shape index (κ3) is 5.01. The number of hydrogen-bond donors (Lipinski definition) is 1. The largest absolute Gasteiger partial charge is 0.368 e. The molecule has 3 aliphatic rings. The molecule has 0 aliphatic carbocycles. The third-order valence-electron chi connectivity index (χ3n) is 6.39. The highest BCUT2D eigenvalue weighted by Gasteiger charge is 2.49. The number of fused-ring (bicyclic) bond motifs is 1. The fraction of sp³-hybridized carbons (Fsp3) is 0.435. The van der Waals surface area contributed by atoms with E-state index < -0.39 is 18.2 Å². The number of likely N-dealkylation sites (N-methyl/N-ethyl adjacent to an activating group) is 1. The zero-order valence-corrected chi connectivity index (χ0v) is 21.0. The minimum absolute atomic E-state index is 0.298. The third-order valence-corrected chi connectivity index (χ3v) is 7.59. The van der Waals surface area contributed by atoms with Crippen molar-refractivity contribution in [3.63, 3.8) is 0 Å². The van der Waals surface area contributed by atoms with Crippen LogP contribution in [0.4, 0.5) is 10.5 Å². The Morgan fingerprint density at radius 3 is 2.57 bits per heavy atom. The molecule has 184 valence electrons. The Hall–Kier alpha value is -3.05. The van der Waals surface area contributed by atoms with Crippen LogP contribution in [0.1, 0.15) is 6.42 Å². The molecule has 35 heavy (non-hydrogen) atoms. The number of carbonyl (C=O) groups is 2. The normalized spacial score (nSPS) is 22.3. The first-order valence-electron chi connectivity index (χ1n) is 11.6. The first kappa shape index (κ1) is 23.7. The summed E-state index contributed by atoms with van der Waals surface area (Å²) in [5.74, 6) is 1.29. The molecule has 12 heteroatoms. The Morgan fingerprint density at radius 1 is 1.09 bits per heavy atom. The summed E-state index contributed by atoms with van der Waals surface area (Å²) in [7, 11) is 1.68. The molecule has 2 aromatic rings. The van der Waals surface area contributed by atoms with Crippen molar-refractivity contribution >= 4 is 46.9 Å². The predicted molar refractivity (Wildman–Crippen MR) is 136 cm³/mol. The number of urea groups is 1. The molecule has 0 saturated carbocycles. The summed E-state index contributed by atoms with van der Waals surface area (Å²) >= 11 is 7.77. The lowest BCUT2D eigenvalue weighted by molar-refractivity contribution is -0.127. The number of hydrogen-bond acceptors (Lipinski definition) is 9. The Morgan fingerprint density at radius 2 is 1.83 bits per heavy atom. The van der Waals surface area contributed by atoms with E-state index in [0.29, 0.717) is 6.54 Å². The zero-order chi connectivity index (χ0) is 24.4. The number of benzene rings is 1. The van der Waals surface area contributed by atoms with Gasteiger partial charge in [0, 0.05) is 68.6 Å². The van der Waals surface area contributed by atoms with Gasteiger partial charge >= 0.3 is 6.03 Å². The monoisotopic (exact) mass is 514 g/mol. The standard InChI is InChI=1S/C23H27ClN8O2S/c1-29-19-18(20(33)28-23(29)34)32(9-4-14-35-21-25-7-3-8-26-21)22(27-19)31-12-10-30(11-13-31)17-6-2-5-16(24)15-17/h2-3,5-8,15,18-19H,4,9-14H2,1H3,(H,28,33,34). The Labute approximate surface area is 213 Å². The molecule has 2 atom stereocenters. The van der Waals surface area contributed by atoms with Crippen LogP contribution in [0.25, 0.3) is 0 Å². The summed E-state index contributed by atoms with van der Waals surface area (Å²) in [6, 6.07) is 8.72. The fourth-order valence-electron chi connectivity index (χ4n) is 4.61. The van der Waals surface area contributed by atoms with E-state index in [9.17, 15) is 9.59 Å². The highest BCUT2D eigenvalue weighted by Crippen LogP contribution is 2.28. The van der Waals surface area contributed by atoms with E-state index in [4.69, 9.17) is 16.6 Å². The molecular formula is C23H27ClN8O2S. The maximum atomic E-state index is 12.9. The van der Waals surface area contributed by atoms with Gasteiger partial charge < -0.3 is 19.6 Å². The smallest absolute Gasteiger partial charge is 0.325 e. The van der Waals surface area contributed by atoms with Crippen LogP contribution in [-0.2, 0) is 4.79 Å². The molecule has 0 bridgehead atoms. The van der Waals surface area contributed by atoms with Crippen molar-refractivity contribution in [2.24, 2.45) is 4.99 Å². The van der Waals surface area contributed by atoms with Gasteiger partial charge in [0.2, 0.25) is 0 Å². The number of anilines is 1. The van der Waals surface area contributed by atoms with E-state index in [-0.39, 0.29) is 5.91 Å². The number of nitrogens with one attached hydrogen (secondary N) is 1. The summed E-state index contributed by atoms with van der Waals surface area (Å²) in [4.78, 5) is 46.6. The summed E-state index contributed by atoms with van der Waals surface area (Å²) in [5.41, 5.74) is 1.10. The number of aliphatic imine (C=N–C) groups is 1. The second-order valence-corrected chi connectivity index (χ2v) is 10.1. The molecule has 10 nitrogen and oxygen atoms in total. The van der Waals surface area contributed by atoms with Gasteiger partial charge in [-0.15, -0.1) is 0 Å². The molecular weight excluding hydrogens is 488 g/mol. The van der Waals surface area contributed by atoms with Crippen LogP contribution in [0.15, 0.2) is 52.9 Å².